The zero-order valence-electron chi connectivity index (χ0n) is 19.5. The second kappa shape index (κ2) is 10.7. The van der Waals surface area contributed by atoms with E-state index >= 15 is 0 Å². The van der Waals surface area contributed by atoms with Gasteiger partial charge in [-0.3, -0.25) is 9.59 Å². The van der Waals surface area contributed by atoms with E-state index in [2.05, 4.69) is 29.6 Å². The second-order valence-corrected chi connectivity index (χ2v) is 9.26. The van der Waals surface area contributed by atoms with E-state index in [0.717, 1.165) is 19.3 Å². The van der Waals surface area contributed by atoms with Gasteiger partial charge in [0.25, 0.3) is 0 Å². The van der Waals surface area contributed by atoms with Gasteiger partial charge in [-0.2, -0.15) is 0 Å². The van der Waals surface area contributed by atoms with E-state index in [1.54, 1.807) is 11.9 Å². The van der Waals surface area contributed by atoms with Crippen LogP contribution >= 0.6 is 0 Å². The SMILES string of the molecule is CN(CCCC(=O)O)C(=O)[C@@H]1CCC[C@@H]1CNC(=O)OCC1c2ccccc2-c2ccccc21. The molecule has 2 aromatic rings. The van der Waals surface area contributed by atoms with E-state index in [4.69, 9.17) is 9.84 Å². The summed E-state index contributed by atoms with van der Waals surface area (Å²) in [4.78, 5) is 37.7. The summed E-state index contributed by atoms with van der Waals surface area (Å²) in [6.07, 6.45) is 2.63. The van der Waals surface area contributed by atoms with Gasteiger partial charge in [0.05, 0.1) is 0 Å². The highest BCUT2D eigenvalue weighted by atomic mass is 16.5. The lowest BCUT2D eigenvalue weighted by atomic mass is 9.94. The van der Waals surface area contributed by atoms with Gasteiger partial charge in [-0.05, 0) is 47.4 Å². The third-order valence-electron chi connectivity index (χ3n) is 7.09. The fourth-order valence-corrected chi connectivity index (χ4v) is 5.33. The first-order valence-electron chi connectivity index (χ1n) is 12.0. The molecular formula is C27H32N2O5. The van der Waals surface area contributed by atoms with E-state index in [-0.39, 0.29) is 36.7 Å². The highest BCUT2D eigenvalue weighted by molar-refractivity contribution is 5.80. The van der Waals surface area contributed by atoms with Gasteiger partial charge in [0.15, 0.2) is 0 Å². The molecule has 34 heavy (non-hydrogen) atoms. The number of carbonyl (C=O) groups excluding carboxylic acids is 2. The highest BCUT2D eigenvalue weighted by Crippen LogP contribution is 2.44. The summed E-state index contributed by atoms with van der Waals surface area (Å²) in [6, 6.07) is 16.4. The van der Waals surface area contributed by atoms with Crippen molar-refractivity contribution in [3.8, 4) is 11.1 Å². The molecule has 0 unspecified atom stereocenters. The van der Waals surface area contributed by atoms with Gasteiger partial charge in [-0.25, -0.2) is 4.79 Å². The zero-order chi connectivity index (χ0) is 24.1. The number of hydrogen-bond acceptors (Lipinski definition) is 4. The first-order valence-corrected chi connectivity index (χ1v) is 12.0. The van der Waals surface area contributed by atoms with Crippen LogP contribution in [0.25, 0.3) is 11.1 Å². The Bertz CT molecular complexity index is 1010. The fraction of sp³-hybridized carbons (Fsp3) is 0.444. The number of aliphatic carboxylic acids is 1. The Morgan fingerprint density at radius 1 is 1.03 bits per heavy atom. The summed E-state index contributed by atoms with van der Waals surface area (Å²) < 4.78 is 5.62. The molecule has 4 rings (SSSR count). The molecule has 180 valence electrons. The molecule has 0 aliphatic heterocycles. The largest absolute Gasteiger partial charge is 0.481 e. The summed E-state index contributed by atoms with van der Waals surface area (Å²) >= 11 is 0. The number of nitrogens with one attached hydrogen (secondary N) is 1. The number of alkyl carbamates (subject to hydrolysis) is 1. The van der Waals surface area contributed by atoms with Crippen molar-refractivity contribution in [1.29, 1.82) is 0 Å². The van der Waals surface area contributed by atoms with Crippen LogP contribution in [0.2, 0.25) is 0 Å². The van der Waals surface area contributed by atoms with E-state index < -0.39 is 12.1 Å². The highest BCUT2D eigenvalue weighted by Gasteiger charge is 2.35. The Kier molecular flexibility index (Phi) is 7.50. The van der Waals surface area contributed by atoms with Gasteiger partial charge in [-0.15, -0.1) is 0 Å². The predicted octanol–water partition coefficient (Wildman–Crippen LogP) is 4.26. The van der Waals surface area contributed by atoms with Crippen molar-refractivity contribution in [2.24, 2.45) is 11.8 Å². The van der Waals surface area contributed by atoms with Crippen LogP contribution in [0, 0.1) is 11.8 Å². The molecule has 2 N–H and O–H groups in total. The second-order valence-electron chi connectivity index (χ2n) is 9.26. The standard InChI is InChI=1S/C27H32N2O5/c1-29(15-7-14-25(30)31)26(32)19-13-6-8-18(19)16-28-27(33)34-17-24-22-11-4-2-9-20(22)21-10-3-5-12-23(21)24/h2-5,9-12,18-19,24H,6-8,13-17H2,1H3,(H,28,33)(H,30,31)/t18-,19-/m1/s1. The average molecular weight is 465 g/mol. The third kappa shape index (κ3) is 5.24. The Morgan fingerprint density at radius 2 is 1.68 bits per heavy atom. The summed E-state index contributed by atoms with van der Waals surface area (Å²) in [7, 11) is 1.72. The Morgan fingerprint density at radius 3 is 2.32 bits per heavy atom. The van der Waals surface area contributed by atoms with Crippen molar-refractivity contribution in [1.82, 2.24) is 10.2 Å². The number of benzene rings is 2. The summed E-state index contributed by atoms with van der Waals surface area (Å²) in [5.74, 6) is -0.897. The Hall–Kier alpha value is -3.35. The van der Waals surface area contributed by atoms with Crippen molar-refractivity contribution in [3.05, 3.63) is 59.7 Å². The Labute approximate surface area is 200 Å². The maximum Gasteiger partial charge on any atom is 0.407 e. The molecule has 7 nitrogen and oxygen atoms in total. The molecule has 0 spiro atoms. The average Bonchev–Trinajstić information content (AvgIpc) is 3.43. The third-order valence-corrected chi connectivity index (χ3v) is 7.09. The van der Waals surface area contributed by atoms with Gasteiger partial charge < -0.3 is 20.1 Å². The summed E-state index contributed by atoms with van der Waals surface area (Å²) in [6.45, 7) is 1.09. The van der Waals surface area contributed by atoms with E-state index in [9.17, 15) is 14.4 Å². The molecule has 0 radical (unpaired) electrons. The summed E-state index contributed by atoms with van der Waals surface area (Å²) in [5.41, 5.74) is 4.71. The van der Waals surface area contributed by atoms with E-state index in [0.29, 0.717) is 19.5 Å². The van der Waals surface area contributed by atoms with Crippen LogP contribution < -0.4 is 5.32 Å². The number of amides is 2. The zero-order valence-corrected chi connectivity index (χ0v) is 19.5. The molecule has 2 aliphatic rings. The minimum atomic E-state index is -0.855. The topological polar surface area (TPSA) is 95.9 Å². The molecule has 0 aromatic heterocycles. The molecular weight excluding hydrogens is 432 g/mol. The molecule has 1 saturated carbocycles. The first-order chi connectivity index (χ1) is 16.5. The number of fused-ring (bicyclic) bond motifs is 3. The maximum absolute atomic E-state index is 12.8. The minimum absolute atomic E-state index is 0.0124. The van der Waals surface area contributed by atoms with Crippen LogP contribution in [0.3, 0.4) is 0 Å². The molecule has 7 heteroatoms. The number of nitrogens with zero attached hydrogens (tertiary/aromatic N) is 1. The van der Waals surface area contributed by atoms with E-state index in [1.807, 2.05) is 24.3 Å². The molecule has 0 bridgehead atoms. The predicted molar refractivity (Wildman–Crippen MR) is 128 cm³/mol. The van der Waals surface area contributed by atoms with Gasteiger partial charge in [0.1, 0.15) is 6.61 Å². The number of carbonyl (C=O) groups is 3. The number of carboxylic acids is 1. The van der Waals surface area contributed by atoms with Crippen molar-refractivity contribution in [2.45, 2.75) is 38.0 Å². The van der Waals surface area contributed by atoms with Gasteiger partial charge in [-0.1, -0.05) is 55.0 Å². The molecule has 2 aliphatic carbocycles. The molecule has 2 atom stereocenters. The van der Waals surface area contributed by atoms with Crippen LogP contribution in [0.4, 0.5) is 4.79 Å². The minimum Gasteiger partial charge on any atom is -0.481 e. The molecule has 0 saturated heterocycles. The number of carboxylic acid groups (broad SMARTS) is 1. The van der Waals surface area contributed by atoms with Crippen LogP contribution in [-0.4, -0.2) is 54.7 Å². The van der Waals surface area contributed by atoms with Gasteiger partial charge in [0.2, 0.25) is 5.91 Å². The Balaban J connectivity index is 1.28. The molecule has 2 aromatic carbocycles. The van der Waals surface area contributed by atoms with Crippen LogP contribution in [-0.2, 0) is 14.3 Å². The molecule has 1 fully saturated rings. The number of hydrogen-bond donors (Lipinski definition) is 2. The fourth-order valence-electron chi connectivity index (χ4n) is 5.33. The van der Waals surface area contributed by atoms with Gasteiger partial charge in [0, 0.05) is 38.4 Å². The normalized spacial score (nSPS) is 18.7. The quantitative estimate of drug-likeness (QED) is 0.578. The molecule has 0 heterocycles. The lowest BCUT2D eigenvalue weighted by molar-refractivity contribution is -0.139. The van der Waals surface area contributed by atoms with Crippen LogP contribution in [0.1, 0.15) is 49.1 Å². The van der Waals surface area contributed by atoms with Crippen LogP contribution in [0.5, 0.6) is 0 Å². The van der Waals surface area contributed by atoms with Crippen molar-refractivity contribution in [2.75, 3.05) is 26.7 Å². The lowest BCUT2D eigenvalue weighted by Gasteiger charge is -2.25. The monoisotopic (exact) mass is 464 g/mol. The van der Waals surface area contributed by atoms with E-state index in [1.165, 1.54) is 22.3 Å². The summed E-state index contributed by atoms with van der Waals surface area (Å²) in [5, 5.41) is 11.7. The van der Waals surface area contributed by atoms with Crippen LogP contribution in [0.15, 0.2) is 48.5 Å². The maximum atomic E-state index is 12.8. The van der Waals surface area contributed by atoms with Crippen molar-refractivity contribution in [3.63, 3.8) is 0 Å². The number of ether oxygens (including phenoxy) is 1. The van der Waals surface area contributed by atoms with Crippen molar-refractivity contribution >= 4 is 18.0 Å². The number of rotatable bonds is 9. The smallest absolute Gasteiger partial charge is 0.407 e. The van der Waals surface area contributed by atoms with Gasteiger partial charge >= 0.3 is 12.1 Å². The lowest BCUT2D eigenvalue weighted by Crippen LogP contribution is -2.39. The first kappa shape index (κ1) is 23.8. The van der Waals surface area contributed by atoms with Crippen molar-refractivity contribution < 1.29 is 24.2 Å². The molecule has 2 amide bonds.